The van der Waals surface area contributed by atoms with Gasteiger partial charge < -0.3 is 20.4 Å². The number of nitrogens with zero attached hydrogens (tertiary/aromatic N) is 3. The number of halogens is 6. The summed E-state index contributed by atoms with van der Waals surface area (Å²) in [5.74, 6) is -3.18. The van der Waals surface area contributed by atoms with Gasteiger partial charge in [0.05, 0.1) is 17.9 Å². The number of carbonyl (C=O) groups excluding carboxylic acids is 3. The summed E-state index contributed by atoms with van der Waals surface area (Å²) in [6, 6.07) is 7.77. The molecule has 7 nitrogen and oxygen atoms in total. The van der Waals surface area contributed by atoms with Gasteiger partial charge >= 0.3 is 6.18 Å². The van der Waals surface area contributed by atoms with Crippen molar-refractivity contribution in [1.29, 1.82) is 0 Å². The lowest BCUT2D eigenvalue weighted by atomic mass is 9.93. The van der Waals surface area contributed by atoms with Crippen LogP contribution in [0.4, 0.5) is 30.2 Å². The van der Waals surface area contributed by atoms with Crippen molar-refractivity contribution >= 4 is 69.6 Å². The van der Waals surface area contributed by atoms with E-state index in [0.29, 0.717) is 27.0 Å². The fourth-order valence-electron chi connectivity index (χ4n) is 4.69. The van der Waals surface area contributed by atoms with Gasteiger partial charge in [0.25, 0.3) is 5.91 Å². The zero-order chi connectivity index (χ0) is 28.4. The molecule has 2 aromatic carbocycles. The number of nitrogens with two attached hydrogens (primary N) is 1. The summed E-state index contributed by atoms with van der Waals surface area (Å²) in [7, 11) is 1.41. The summed E-state index contributed by atoms with van der Waals surface area (Å²) in [5, 5.41) is 0.830. The van der Waals surface area contributed by atoms with Gasteiger partial charge in [-0.25, -0.2) is 0 Å². The molecule has 0 unspecified atom stereocenters. The maximum atomic E-state index is 14.1. The first-order chi connectivity index (χ1) is 17.5. The third-order valence-electron chi connectivity index (χ3n) is 7.16. The lowest BCUT2D eigenvalue weighted by Gasteiger charge is -2.44. The Labute approximate surface area is 232 Å². The summed E-state index contributed by atoms with van der Waals surface area (Å²) in [4.78, 5) is 43.7. The van der Waals surface area contributed by atoms with Crippen LogP contribution in [0.5, 0.6) is 0 Å². The molecule has 1 fully saturated rings. The average Bonchev–Trinajstić information content (AvgIpc) is 3.62. The van der Waals surface area contributed by atoms with E-state index >= 15 is 0 Å². The first kappa shape index (κ1) is 28.3. The number of primary amides is 1. The number of anilines is 3. The largest absolute Gasteiger partial charge is 0.403 e. The molecule has 1 aliphatic heterocycles. The summed E-state index contributed by atoms with van der Waals surface area (Å²) in [6.07, 6.45) is -5.80. The minimum atomic E-state index is -4.88. The van der Waals surface area contributed by atoms with Crippen LogP contribution in [0, 0.1) is 5.41 Å². The summed E-state index contributed by atoms with van der Waals surface area (Å²) >= 11 is 18.7. The molecule has 2 aromatic rings. The van der Waals surface area contributed by atoms with E-state index in [1.165, 1.54) is 37.9 Å². The Kier molecular flexibility index (Phi) is 7.08. The van der Waals surface area contributed by atoms with E-state index in [2.05, 4.69) is 0 Å². The fraction of sp³-hybridized carbons (Fsp3) is 0.400. The van der Waals surface area contributed by atoms with Gasteiger partial charge in [0.2, 0.25) is 11.8 Å². The number of fused-ring (bicyclic) bond motifs is 1. The molecular formula is C25H24Cl3F3N4O3. The second-order valence-electron chi connectivity index (χ2n) is 9.96. The predicted octanol–water partition coefficient (Wildman–Crippen LogP) is 5.56. The van der Waals surface area contributed by atoms with Crippen molar-refractivity contribution in [2.45, 2.75) is 44.4 Å². The SMILES string of the molecule is CN1C(=O)[C@@H](N(C(=O)C2(C(F)(F)F)CC2)C(C)(C)C(N)=O)CN(c2cc(Cl)cc(Cl)c2)c2ccc(Cl)cc21. The summed E-state index contributed by atoms with van der Waals surface area (Å²) in [5.41, 5.74) is 2.11. The highest BCUT2D eigenvalue weighted by molar-refractivity contribution is 6.35. The Morgan fingerprint density at radius 1 is 1.00 bits per heavy atom. The lowest BCUT2D eigenvalue weighted by Crippen LogP contribution is -2.67. The molecule has 38 heavy (non-hydrogen) atoms. The van der Waals surface area contributed by atoms with Crippen molar-refractivity contribution < 1.29 is 27.6 Å². The van der Waals surface area contributed by atoms with E-state index in [0.717, 1.165) is 0 Å². The van der Waals surface area contributed by atoms with Gasteiger partial charge in [0, 0.05) is 27.8 Å². The highest BCUT2D eigenvalue weighted by Gasteiger charge is 2.71. The van der Waals surface area contributed by atoms with Crippen LogP contribution < -0.4 is 15.5 Å². The number of benzene rings is 2. The number of likely N-dealkylation sites (N-methyl/N-ethyl adjacent to an activating group) is 1. The Morgan fingerprint density at radius 3 is 2.08 bits per heavy atom. The van der Waals surface area contributed by atoms with Crippen molar-refractivity contribution in [3.8, 4) is 0 Å². The van der Waals surface area contributed by atoms with E-state index in [4.69, 9.17) is 40.5 Å². The van der Waals surface area contributed by atoms with Gasteiger partial charge in [-0.15, -0.1) is 0 Å². The Balaban J connectivity index is 1.94. The van der Waals surface area contributed by atoms with Gasteiger partial charge in [-0.2, -0.15) is 13.2 Å². The molecule has 1 aliphatic carbocycles. The van der Waals surface area contributed by atoms with Crippen molar-refractivity contribution in [1.82, 2.24) is 4.90 Å². The third kappa shape index (κ3) is 4.67. The van der Waals surface area contributed by atoms with Crippen LogP contribution in [0.1, 0.15) is 26.7 Å². The standard InChI is InChI=1S/C25H24Cl3F3N4O3/c1-23(2,21(32)37)35(22(38)24(6-7-24)25(29,30)31)19-12-34(16-9-14(27)8-15(28)10-16)17-5-4-13(26)11-18(17)33(3)20(19)36/h4-5,8-11,19H,6-7,12H2,1-3H3,(H2,32,37)/t19-/m0/s1. The molecule has 1 heterocycles. The quantitative estimate of drug-likeness (QED) is 0.493. The number of amides is 3. The predicted molar refractivity (Wildman–Crippen MR) is 140 cm³/mol. The number of carbonyl (C=O) groups is 3. The molecular weight excluding hydrogens is 568 g/mol. The van der Waals surface area contributed by atoms with Crippen LogP contribution in [0.25, 0.3) is 0 Å². The zero-order valence-electron chi connectivity index (χ0n) is 20.6. The molecule has 13 heteroatoms. The van der Waals surface area contributed by atoms with Gasteiger partial charge in [-0.05, 0) is 63.1 Å². The Bertz CT molecular complexity index is 1310. The van der Waals surface area contributed by atoms with Crippen LogP contribution in [0.15, 0.2) is 36.4 Å². The highest BCUT2D eigenvalue weighted by Crippen LogP contribution is 2.59. The van der Waals surface area contributed by atoms with E-state index in [1.54, 1.807) is 29.2 Å². The van der Waals surface area contributed by atoms with Crippen molar-refractivity contribution in [2.75, 3.05) is 23.4 Å². The summed E-state index contributed by atoms with van der Waals surface area (Å²) < 4.78 is 42.3. The first-order valence-corrected chi connectivity index (χ1v) is 12.7. The van der Waals surface area contributed by atoms with E-state index in [1.807, 2.05) is 0 Å². The summed E-state index contributed by atoms with van der Waals surface area (Å²) in [6.45, 7) is 2.12. The van der Waals surface area contributed by atoms with Crippen LogP contribution >= 0.6 is 34.8 Å². The maximum absolute atomic E-state index is 14.1. The third-order valence-corrected chi connectivity index (χ3v) is 7.83. The Hall–Kier alpha value is -2.69. The van der Waals surface area contributed by atoms with Gasteiger partial charge in [0.15, 0.2) is 0 Å². The molecule has 0 saturated heterocycles. The number of alkyl halides is 3. The Morgan fingerprint density at radius 2 is 1.58 bits per heavy atom. The molecule has 0 spiro atoms. The maximum Gasteiger partial charge on any atom is 0.403 e. The van der Waals surface area contributed by atoms with Crippen molar-refractivity contribution in [2.24, 2.45) is 11.1 Å². The first-order valence-electron chi connectivity index (χ1n) is 11.5. The smallest absolute Gasteiger partial charge is 0.368 e. The monoisotopic (exact) mass is 590 g/mol. The molecule has 2 aliphatic rings. The van der Waals surface area contributed by atoms with Crippen LogP contribution in [0.3, 0.4) is 0 Å². The number of rotatable bonds is 5. The minimum Gasteiger partial charge on any atom is -0.368 e. The molecule has 0 aromatic heterocycles. The molecule has 3 amide bonds. The van der Waals surface area contributed by atoms with Crippen molar-refractivity contribution in [3.63, 3.8) is 0 Å². The highest BCUT2D eigenvalue weighted by atomic mass is 35.5. The second kappa shape index (κ2) is 9.50. The van der Waals surface area contributed by atoms with E-state index in [-0.39, 0.29) is 16.6 Å². The van der Waals surface area contributed by atoms with Gasteiger partial charge in [0.1, 0.15) is 17.0 Å². The van der Waals surface area contributed by atoms with E-state index in [9.17, 15) is 27.6 Å². The molecule has 0 bridgehead atoms. The number of hydrogen-bond acceptors (Lipinski definition) is 4. The van der Waals surface area contributed by atoms with Crippen LogP contribution in [-0.4, -0.2) is 54.0 Å². The molecule has 4 rings (SSSR count). The average molecular weight is 592 g/mol. The fourth-order valence-corrected chi connectivity index (χ4v) is 5.38. The zero-order valence-corrected chi connectivity index (χ0v) is 22.8. The normalized spacial score (nSPS) is 19.1. The number of hydrogen-bond donors (Lipinski definition) is 1. The van der Waals surface area contributed by atoms with E-state index < -0.39 is 53.7 Å². The molecule has 2 N–H and O–H groups in total. The van der Waals surface area contributed by atoms with Gasteiger partial charge in [-0.1, -0.05) is 34.8 Å². The topological polar surface area (TPSA) is 87.0 Å². The van der Waals surface area contributed by atoms with Crippen molar-refractivity contribution in [3.05, 3.63) is 51.5 Å². The van der Waals surface area contributed by atoms with Crippen LogP contribution in [0.2, 0.25) is 15.1 Å². The molecule has 1 saturated carbocycles. The lowest BCUT2D eigenvalue weighted by molar-refractivity contribution is -0.203. The van der Waals surface area contributed by atoms with Gasteiger partial charge in [-0.3, -0.25) is 14.4 Å². The minimum absolute atomic E-state index is 0.267. The molecule has 1 atom stereocenters. The van der Waals surface area contributed by atoms with Crippen LogP contribution in [-0.2, 0) is 14.4 Å². The second-order valence-corrected chi connectivity index (χ2v) is 11.3. The molecule has 204 valence electrons. The molecule has 0 radical (unpaired) electrons.